The SMILES string of the molecule is CC[C@@H](C)NC(=O)[C@H](Cc1ccccc1)N(Cc1ccccc1F)C(=O)CCCN(c1ccc2c(c1)OCCO2)S(C)(=O)=O. The van der Waals surface area contributed by atoms with Gasteiger partial charge in [-0.25, -0.2) is 12.8 Å². The van der Waals surface area contributed by atoms with Crippen LogP contribution in [-0.2, 0) is 32.6 Å². The van der Waals surface area contributed by atoms with Gasteiger partial charge in [0.1, 0.15) is 25.1 Å². The van der Waals surface area contributed by atoms with E-state index in [4.69, 9.17) is 9.47 Å². The Hall–Kier alpha value is -4.12. The van der Waals surface area contributed by atoms with E-state index < -0.39 is 21.9 Å². The summed E-state index contributed by atoms with van der Waals surface area (Å²) in [5.74, 6) is -0.211. The molecule has 0 spiro atoms. The van der Waals surface area contributed by atoms with E-state index in [0.717, 1.165) is 11.8 Å². The number of sulfonamides is 1. The first kappa shape index (κ1) is 32.8. The molecule has 3 aromatic carbocycles. The first-order chi connectivity index (χ1) is 21.1. The van der Waals surface area contributed by atoms with E-state index in [-0.39, 0.29) is 55.8 Å². The van der Waals surface area contributed by atoms with Gasteiger partial charge >= 0.3 is 0 Å². The average Bonchev–Trinajstić information content (AvgIpc) is 3.01. The zero-order chi connectivity index (χ0) is 31.7. The molecule has 0 bridgehead atoms. The molecule has 0 saturated heterocycles. The summed E-state index contributed by atoms with van der Waals surface area (Å²) in [5.41, 5.74) is 1.52. The van der Waals surface area contributed by atoms with E-state index in [0.29, 0.717) is 36.8 Å². The largest absolute Gasteiger partial charge is 0.486 e. The van der Waals surface area contributed by atoms with E-state index in [2.05, 4.69) is 5.32 Å². The number of nitrogens with zero attached hydrogens (tertiary/aromatic N) is 2. The molecule has 2 atom stereocenters. The molecular formula is C33H40FN3O6S. The maximum absolute atomic E-state index is 14.8. The Morgan fingerprint density at radius 1 is 0.977 bits per heavy atom. The Bertz CT molecular complexity index is 1540. The Kier molecular flexibility index (Phi) is 11.2. The second-order valence-electron chi connectivity index (χ2n) is 10.9. The molecule has 0 saturated carbocycles. The molecule has 236 valence electrons. The maximum Gasteiger partial charge on any atom is 0.243 e. The number of ether oxygens (including phenoxy) is 2. The fourth-order valence-corrected chi connectivity index (χ4v) is 5.95. The number of rotatable bonds is 14. The molecule has 0 fully saturated rings. The second kappa shape index (κ2) is 15.1. The van der Waals surface area contributed by atoms with Crippen LogP contribution in [0.15, 0.2) is 72.8 Å². The van der Waals surface area contributed by atoms with E-state index >= 15 is 0 Å². The standard InChI is InChI=1S/C33H40FN3O6S/c1-4-24(2)35-33(39)29(21-25-11-6-5-7-12-25)36(23-26-13-8-9-14-28(26)34)32(38)15-10-18-37(44(3,40)41)27-16-17-30-31(22-27)43-20-19-42-30/h5-9,11-14,16-17,22,24,29H,4,10,15,18-21,23H2,1-3H3,(H,35,39)/t24-,29+/m1/s1. The van der Waals surface area contributed by atoms with Crippen molar-refractivity contribution in [3.05, 3.63) is 89.7 Å². The predicted octanol–water partition coefficient (Wildman–Crippen LogP) is 4.70. The highest BCUT2D eigenvalue weighted by atomic mass is 32.2. The van der Waals surface area contributed by atoms with Gasteiger partial charge in [-0.05, 0) is 43.5 Å². The first-order valence-electron chi connectivity index (χ1n) is 14.8. The van der Waals surface area contributed by atoms with Crippen molar-refractivity contribution in [2.45, 2.75) is 58.2 Å². The third-order valence-corrected chi connectivity index (χ3v) is 8.73. The molecule has 44 heavy (non-hydrogen) atoms. The van der Waals surface area contributed by atoms with Crippen LogP contribution in [0.25, 0.3) is 0 Å². The molecule has 1 N–H and O–H groups in total. The van der Waals surface area contributed by atoms with Crippen LogP contribution in [0.3, 0.4) is 0 Å². The van der Waals surface area contributed by atoms with Gasteiger partial charge in [0.05, 0.1) is 11.9 Å². The summed E-state index contributed by atoms with van der Waals surface area (Å²) < 4.78 is 52.8. The van der Waals surface area contributed by atoms with Gasteiger partial charge in [-0.15, -0.1) is 0 Å². The smallest absolute Gasteiger partial charge is 0.243 e. The summed E-state index contributed by atoms with van der Waals surface area (Å²) in [5, 5.41) is 2.99. The van der Waals surface area contributed by atoms with Crippen molar-refractivity contribution in [1.29, 1.82) is 0 Å². The Balaban J connectivity index is 1.59. The van der Waals surface area contributed by atoms with Crippen molar-refractivity contribution < 1.29 is 31.9 Å². The molecule has 9 nitrogen and oxygen atoms in total. The van der Waals surface area contributed by atoms with Crippen molar-refractivity contribution in [3.63, 3.8) is 0 Å². The number of benzene rings is 3. The lowest BCUT2D eigenvalue weighted by molar-refractivity contribution is -0.141. The van der Waals surface area contributed by atoms with Crippen molar-refractivity contribution in [3.8, 4) is 11.5 Å². The molecule has 1 aliphatic rings. The third kappa shape index (κ3) is 8.72. The van der Waals surface area contributed by atoms with Crippen LogP contribution >= 0.6 is 0 Å². The predicted molar refractivity (Wildman–Crippen MR) is 168 cm³/mol. The highest BCUT2D eigenvalue weighted by molar-refractivity contribution is 7.92. The van der Waals surface area contributed by atoms with Crippen molar-refractivity contribution >= 4 is 27.5 Å². The van der Waals surface area contributed by atoms with Gasteiger partial charge in [-0.2, -0.15) is 0 Å². The quantitative estimate of drug-likeness (QED) is 0.279. The molecule has 11 heteroatoms. The minimum absolute atomic E-state index is 0.0141. The van der Waals surface area contributed by atoms with Crippen molar-refractivity contribution in [2.24, 2.45) is 0 Å². The average molecular weight is 626 g/mol. The zero-order valence-electron chi connectivity index (χ0n) is 25.4. The number of halogens is 1. The van der Waals surface area contributed by atoms with Crippen LogP contribution in [-0.4, -0.2) is 63.2 Å². The number of hydrogen-bond acceptors (Lipinski definition) is 6. The molecule has 1 heterocycles. The topological polar surface area (TPSA) is 105 Å². The number of nitrogens with one attached hydrogen (secondary N) is 1. The number of hydrogen-bond donors (Lipinski definition) is 1. The summed E-state index contributed by atoms with van der Waals surface area (Å²) in [7, 11) is -3.71. The minimum Gasteiger partial charge on any atom is -0.486 e. The highest BCUT2D eigenvalue weighted by Crippen LogP contribution is 2.35. The molecule has 3 aromatic rings. The van der Waals surface area contributed by atoms with Gasteiger partial charge in [0.2, 0.25) is 21.8 Å². The summed E-state index contributed by atoms with van der Waals surface area (Å²) in [6, 6.07) is 19.4. The van der Waals surface area contributed by atoms with Crippen molar-refractivity contribution in [1.82, 2.24) is 10.2 Å². The molecule has 2 amide bonds. The van der Waals surface area contributed by atoms with Crippen LogP contribution in [0.2, 0.25) is 0 Å². The molecule has 0 unspecified atom stereocenters. The van der Waals surface area contributed by atoms with E-state index in [9.17, 15) is 22.4 Å². The number of carbonyl (C=O) groups excluding carboxylic acids is 2. The number of fused-ring (bicyclic) bond motifs is 1. The minimum atomic E-state index is -3.71. The molecule has 1 aliphatic heterocycles. The van der Waals surface area contributed by atoms with Crippen LogP contribution < -0.4 is 19.1 Å². The lowest BCUT2D eigenvalue weighted by Crippen LogP contribution is -2.52. The maximum atomic E-state index is 14.8. The fourth-order valence-electron chi connectivity index (χ4n) is 5.00. The van der Waals surface area contributed by atoms with Gasteiger partial charge in [0, 0.05) is 43.6 Å². The van der Waals surface area contributed by atoms with Gasteiger partial charge < -0.3 is 19.7 Å². The Morgan fingerprint density at radius 3 is 2.34 bits per heavy atom. The Morgan fingerprint density at radius 2 is 1.66 bits per heavy atom. The van der Waals surface area contributed by atoms with Gasteiger partial charge in [0.25, 0.3) is 0 Å². The van der Waals surface area contributed by atoms with Gasteiger partial charge in [0.15, 0.2) is 11.5 Å². The van der Waals surface area contributed by atoms with Gasteiger partial charge in [-0.1, -0.05) is 55.5 Å². The van der Waals surface area contributed by atoms with Crippen molar-refractivity contribution in [2.75, 3.05) is 30.3 Å². The third-order valence-electron chi connectivity index (χ3n) is 7.54. The summed E-state index contributed by atoms with van der Waals surface area (Å²) in [4.78, 5) is 29.0. The molecular weight excluding hydrogens is 585 g/mol. The lowest BCUT2D eigenvalue weighted by Gasteiger charge is -2.33. The first-order valence-corrected chi connectivity index (χ1v) is 16.7. The summed E-state index contributed by atoms with van der Waals surface area (Å²) in [6.45, 7) is 4.51. The normalized spacial score (nSPS) is 13.9. The van der Waals surface area contributed by atoms with E-state index in [1.807, 2.05) is 44.2 Å². The van der Waals surface area contributed by atoms with Crippen LogP contribution in [0, 0.1) is 5.82 Å². The summed E-state index contributed by atoms with van der Waals surface area (Å²) >= 11 is 0. The summed E-state index contributed by atoms with van der Waals surface area (Å²) in [6.07, 6.45) is 2.14. The second-order valence-corrected chi connectivity index (χ2v) is 12.8. The number of carbonyl (C=O) groups is 2. The number of anilines is 1. The molecule has 0 radical (unpaired) electrons. The van der Waals surface area contributed by atoms with Crippen LogP contribution in [0.4, 0.5) is 10.1 Å². The molecule has 0 aromatic heterocycles. The monoisotopic (exact) mass is 625 g/mol. The number of amides is 2. The highest BCUT2D eigenvalue weighted by Gasteiger charge is 2.31. The van der Waals surface area contributed by atoms with Crippen LogP contribution in [0.5, 0.6) is 11.5 Å². The molecule has 0 aliphatic carbocycles. The van der Waals surface area contributed by atoms with Gasteiger partial charge in [-0.3, -0.25) is 13.9 Å². The zero-order valence-corrected chi connectivity index (χ0v) is 26.2. The lowest BCUT2D eigenvalue weighted by atomic mass is 10.0. The van der Waals surface area contributed by atoms with E-state index in [1.165, 1.54) is 15.3 Å². The van der Waals surface area contributed by atoms with E-state index in [1.54, 1.807) is 36.4 Å². The fraction of sp³-hybridized carbons (Fsp3) is 0.394. The van der Waals surface area contributed by atoms with Crippen LogP contribution in [0.1, 0.15) is 44.2 Å². The molecule has 4 rings (SSSR count). The Labute approximate surface area is 259 Å².